The monoisotopic (exact) mass is 494 g/mol. The number of ether oxygens (including phenoxy) is 1. The van der Waals surface area contributed by atoms with Crippen molar-refractivity contribution in [1.82, 2.24) is 15.1 Å². The number of hydrogen-bond acceptors (Lipinski definition) is 8. The lowest BCUT2D eigenvalue weighted by Gasteiger charge is -2.35. The second-order valence-electron chi connectivity index (χ2n) is 9.77. The van der Waals surface area contributed by atoms with E-state index in [0.29, 0.717) is 44.6 Å². The quantitative estimate of drug-likeness (QED) is 0.317. The normalized spacial score (nSPS) is 23.1. The van der Waals surface area contributed by atoms with Gasteiger partial charge in [-0.25, -0.2) is 4.79 Å². The number of nitro groups is 1. The van der Waals surface area contributed by atoms with Crippen LogP contribution in [0.3, 0.4) is 0 Å². The predicted octanol–water partition coefficient (Wildman–Crippen LogP) is 1.71. The molecule has 188 valence electrons. The molecule has 3 rings (SSSR count). The number of non-ortho nitro benzene ring substituents is 1. The first kappa shape index (κ1) is 26.1. The summed E-state index contributed by atoms with van der Waals surface area (Å²) in [6.45, 7) is 8.56. The lowest BCUT2D eigenvalue weighted by molar-refractivity contribution is -0.384. The van der Waals surface area contributed by atoms with Crippen LogP contribution in [-0.2, 0) is 20.6 Å². The molecule has 0 aliphatic carbocycles. The summed E-state index contributed by atoms with van der Waals surface area (Å²) in [7, 11) is -2.07. The van der Waals surface area contributed by atoms with E-state index in [1.54, 1.807) is 4.90 Å². The number of aliphatic hydroxyl groups is 1. The Hall–Kier alpha value is -2.54. The van der Waals surface area contributed by atoms with Gasteiger partial charge in [0.25, 0.3) is 5.69 Å². The lowest BCUT2D eigenvalue weighted by atomic mass is 9.96. The van der Waals surface area contributed by atoms with Crippen molar-refractivity contribution in [3.63, 3.8) is 0 Å². The van der Waals surface area contributed by atoms with Crippen molar-refractivity contribution < 1.29 is 28.8 Å². The van der Waals surface area contributed by atoms with Gasteiger partial charge in [0.15, 0.2) is 8.32 Å². The van der Waals surface area contributed by atoms with Gasteiger partial charge in [-0.3, -0.25) is 19.8 Å². The molecular weight excluding hydrogens is 460 g/mol. The van der Waals surface area contributed by atoms with Crippen LogP contribution in [-0.4, -0.2) is 91.1 Å². The topological polar surface area (TPSA) is 134 Å². The Morgan fingerprint density at radius 3 is 2.44 bits per heavy atom. The summed E-state index contributed by atoms with van der Waals surface area (Å²) in [5, 5.41) is 23.8. The molecular formula is C22H34N4O7Si. The fraction of sp³-hybridized carbons (Fsp3) is 0.636. The van der Waals surface area contributed by atoms with Gasteiger partial charge in [-0.05, 0) is 37.3 Å². The third kappa shape index (κ3) is 6.53. The fourth-order valence-corrected chi connectivity index (χ4v) is 6.11. The molecule has 2 amide bonds. The summed E-state index contributed by atoms with van der Waals surface area (Å²) in [4.78, 5) is 40.1. The van der Waals surface area contributed by atoms with E-state index >= 15 is 0 Å². The van der Waals surface area contributed by atoms with Gasteiger partial charge in [0.1, 0.15) is 12.6 Å². The highest BCUT2D eigenvalue weighted by Crippen LogP contribution is 2.37. The first-order valence-corrected chi connectivity index (χ1v) is 14.9. The molecule has 0 radical (unpaired) electrons. The van der Waals surface area contributed by atoms with Crippen molar-refractivity contribution in [3.8, 4) is 0 Å². The van der Waals surface area contributed by atoms with Crippen LogP contribution in [0.1, 0.15) is 18.4 Å². The number of hydrogen-bond donors (Lipinski definition) is 2. The number of nitrogens with one attached hydrogen (secondary N) is 1. The molecule has 2 saturated heterocycles. The minimum Gasteiger partial charge on any atom is -0.445 e. The molecule has 2 heterocycles. The average Bonchev–Trinajstić information content (AvgIpc) is 3.15. The Bertz CT molecular complexity index is 886. The zero-order valence-corrected chi connectivity index (χ0v) is 21.0. The average molecular weight is 495 g/mol. The van der Waals surface area contributed by atoms with Gasteiger partial charge >= 0.3 is 6.09 Å². The number of carbonyl (C=O) groups excluding carboxylic acids is 2. The molecule has 34 heavy (non-hydrogen) atoms. The van der Waals surface area contributed by atoms with Gasteiger partial charge in [0.05, 0.1) is 17.1 Å². The number of nitro benzene ring substituents is 1. The second kappa shape index (κ2) is 10.8. The molecule has 0 saturated carbocycles. The highest BCUT2D eigenvalue weighted by molar-refractivity contribution is 6.69. The number of nitrogens with zero attached hydrogens (tertiary/aromatic N) is 3. The van der Waals surface area contributed by atoms with E-state index in [-0.39, 0.29) is 31.4 Å². The summed E-state index contributed by atoms with van der Waals surface area (Å²) in [6, 6.07) is 5.02. The summed E-state index contributed by atoms with van der Waals surface area (Å²) in [5.74, 6) is -0.146. The maximum absolute atomic E-state index is 13.4. The number of likely N-dealkylation sites (tertiary alicyclic amines) is 1. The predicted molar refractivity (Wildman–Crippen MR) is 127 cm³/mol. The van der Waals surface area contributed by atoms with Crippen LogP contribution in [0.4, 0.5) is 10.5 Å². The molecule has 1 aromatic rings. The van der Waals surface area contributed by atoms with E-state index < -0.39 is 31.0 Å². The minimum atomic E-state index is -2.07. The van der Waals surface area contributed by atoms with Gasteiger partial charge in [-0.2, -0.15) is 0 Å². The molecule has 0 bridgehead atoms. The molecule has 2 unspecified atom stereocenters. The van der Waals surface area contributed by atoms with Crippen molar-refractivity contribution >= 4 is 26.0 Å². The van der Waals surface area contributed by atoms with Gasteiger partial charge < -0.3 is 24.5 Å². The largest absolute Gasteiger partial charge is 0.445 e. The van der Waals surface area contributed by atoms with E-state index in [9.17, 15) is 24.8 Å². The summed E-state index contributed by atoms with van der Waals surface area (Å²) in [6.07, 6.45) is -0.0343. The zero-order chi connectivity index (χ0) is 24.9. The van der Waals surface area contributed by atoms with Crippen molar-refractivity contribution in [2.45, 2.75) is 50.7 Å². The SMILES string of the molecule is C[Si](C)(C)OC1(CCO)CC(C(=O)N2CCNCC2)N(C(=O)OCc2ccc([N+](=O)[O-])cc2)C1. The number of piperazine rings is 1. The summed E-state index contributed by atoms with van der Waals surface area (Å²) < 4.78 is 12.0. The van der Waals surface area contributed by atoms with Crippen LogP contribution >= 0.6 is 0 Å². The smallest absolute Gasteiger partial charge is 0.410 e. The zero-order valence-electron chi connectivity index (χ0n) is 20.0. The van der Waals surface area contributed by atoms with Gasteiger partial charge in [0, 0.05) is 57.8 Å². The first-order chi connectivity index (χ1) is 16.0. The standard InChI is InChI=1S/C22H34N4O7Si/c1-34(2,3)33-22(8-13-27)14-19(20(28)24-11-9-23-10-12-24)25(16-22)21(29)32-15-17-4-6-18(7-5-17)26(30)31/h4-7,19,23,27H,8-16H2,1-3H3. The van der Waals surface area contributed by atoms with E-state index in [2.05, 4.69) is 5.32 Å². The molecule has 0 aromatic heterocycles. The number of rotatable bonds is 8. The second-order valence-corrected chi connectivity index (χ2v) is 14.2. The van der Waals surface area contributed by atoms with Gasteiger partial charge in [-0.15, -0.1) is 0 Å². The van der Waals surface area contributed by atoms with Crippen LogP contribution < -0.4 is 5.32 Å². The molecule has 2 N–H and O–H groups in total. The number of amides is 2. The van der Waals surface area contributed by atoms with Crippen molar-refractivity contribution in [1.29, 1.82) is 0 Å². The van der Waals surface area contributed by atoms with Crippen LogP contribution in [0, 0.1) is 10.1 Å². The van der Waals surface area contributed by atoms with Crippen LogP contribution in [0.2, 0.25) is 19.6 Å². The van der Waals surface area contributed by atoms with E-state index in [4.69, 9.17) is 9.16 Å². The third-order valence-electron chi connectivity index (χ3n) is 5.95. The Kier molecular flexibility index (Phi) is 8.28. The highest BCUT2D eigenvalue weighted by Gasteiger charge is 2.52. The number of aliphatic hydroxyl groups excluding tert-OH is 1. The van der Waals surface area contributed by atoms with Crippen LogP contribution in [0.15, 0.2) is 24.3 Å². The highest BCUT2D eigenvalue weighted by atomic mass is 28.4. The van der Waals surface area contributed by atoms with Crippen molar-refractivity contribution in [2.75, 3.05) is 39.3 Å². The van der Waals surface area contributed by atoms with Gasteiger partial charge in [-0.1, -0.05) is 0 Å². The molecule has 12 heteroatoms. The van der Waals surface area contributed by atoms with E-state index in [1.165, 1.54) is 29.2 Å². The van der Waals surface area contributed by atoms with Crippen LogP contribution in [0.5, 0.6) is 0 Å². The molecule has 2 atom stereocenters. The summed E-state index contributed by atoms with van der Waals surface area (Å²) in [5.41, 5.74) is -0.267. The Balaban J connectivity index is 1.78. The molecule has 11 nitrogen and oxygen atoms in total. The number of carbonyl (C=O) groups is 2. The fourth-order valence-electron chi connectivity index (χ4n) is 4.56. The number of benzene rings is 1. The lowest BCUT2D eigenvalue weighted by Crippen LogP contribution is -2.53. The molecule has 2 aliphatic rings. The Morgan fingerprint density at radius 1 is 1.24 bits per heavy atom. The maximum atomic E-state index is 13.4. The summed E-state index contributed by atoms with van der Waals surface area (Å²) >= 11 is 0. The molecule has 0 spiro atoms. The van der Waals surface area contributed by atoms with Crippen molar-refractivity contribution in [2.24, 2.45) is 0 Å². The molecule has 1 aromatic carbocycles. The minimum absolute atomic E-state index is 0.0476. The van der Waals surface area contributed by atoms with Crippen LogP contribution in [0.25, 0.3) is 0 Å². The van der Waals surface area contributed by atoms with E-state index in [0.717, 1.165) is 0 Å². The van der Waals surface area contributed by atoms with Gasteiger partial charge in [0.2, 0.25) is 5.91 Å². The van der Waals surface area contributed by atoms with Crippen molar-refractivity contribution in [3.05, 3.63) is 39.9 Å². The Morgan fingerprint density at radius 2 is 1.88 bits per heavy atom. The third-order valence-corrected chi connectivity index (χ3v) is 6.99. The first-order valence-electron chi connectivity index (χ1n) is 11.5. The maximum Gasteiger partial charge on any atom is 0.410 e. The Labute approximate surface area is 200 Å². The molecule has 2 aliphatic heterocycles. The molecule has 2 fully saturated rings. The van der Waals surface area contributed by atoms with E-state index in [1.807, 2.05) is 19.6 Å².